The van der Waals surface area contributed by atoms with E-state index >= 15 is 0 Å². The Morgan fingerprint density at radius 3 is 2.61 bits per heavy atom. The van der Waals surface area contributed by atoms with Gasteiger partial charge in [-0.05, 0) is 18.1 Å². The molecule has 0 unspecified atom stereocenters. The molecule has 0 radical (unpaired) electrons. The van der Waals surface area contributed by atoms with Crippen LogP contribution in [0.4, 0.5) is 14.8 Å². The number of hydrogen-bond donors (Lipinski definition) is 2. The molecule has 0 fully saturated rings. The summed E-state index contributed by atoms with van der Waals surface area (Å²) in [5.74, 6) is -0.886. The van der Waals surface area contributed by atoms with Crippen LogP contribution in [0.25, 0.3) is 0 Å². The molecule has 3 heterocycles. The monoisotopic (exact) mass is 424 g/mol. The van der Waals surface area contributed by atoms with Gasteiger partial charge in [0, 0.05) is 24.5 Å². The Bertz CT molecular complexity index is 966. The molecule has 0 atom stereocenters. The molecule has 0 saturated carbocycles. The number of carbonyl (C=O) groups is 3. The zero-order valence-electron chi connectivity index (χ0n) is 14.9. The van der Waals surface area contributed by atoms with Crippen LogP contribution in [0, 0.1) is 10.1 Å². The highest BCUT2D eigenvalue weighted by molar-refractivity contribution is 7.18. The molecule has 2 aromatic rings. The Kier molecular flexibility index (Phi) is 5.61. The molecule has 0 saturated heterocycles. The van der Waals surface area contributed by atoms with E-state index in [1.165, 1.54) is 42.5 Å². The second-order valence-electron chi connectivity index (χ2n) is 5.78. The molecule has 3 amide bonds. The van der Waals surface area contributed by atoms with Crippen molar-refractivity contribution in [3.05, 3.63) is 43.1 Å². The lowest BCUT2D eigenvalue weighted by molar-refractivity contribution is -0.380. The van der Waals surface area contributed by atoms with Gasteiger partial charge in [0.25, 0.3) is 11.8 Å². The zero-order valence-corrected chi connectivity index (χ0v) is 16.6. The van der Waals surface area contributed by atoms with Crippen LogP contribution in [0.1, 0.15) is 30.5 Å². The molecule has 10 nitrogen and oxygen atoms in total. The summed E-state index contributed by atoms with van der Waals surface area (Å²) in [5.41, 5.74) is 1.13. The number of anilines is 1. The number of methoxy groups -OCH3 is 1. The Morgan fingerprint density at radius 1 is 1.25 bits per heavy atom. The molecule has 28 heavy (non-hydrogen) atoms. The first kappa shape index (κ1) is 19.8. The summed E-state index contributed by atoms with van der Waals surface area (Å²) in [5, 5.41) is 16.3. The number of nitrogens with zero attached hydrogens (tertiary/aromatic N) is 2. The van der Waals surface area contributed by atoms with E-state index in [4.69, 9.17) is 4.74 Å². The van der Waals surface area contributed by atoms with E-state index in [0.29, 0.717) is 23.5 Å². The molecule has 0 spiro atoms. The van der Waals surface area contributed by atoms with Crippen molar-refractivity contribution in [1.29, 1.82) is 0 Å². The van der Waals surface area contributed by atoms with E-state index < -0.39 is 16.9 Å². The smallest absolute Gasteiger partial charge is 0.409 e. The number of thiophene rings is 2. The summed E-state index contributed by atoms with van der Waals surface area (Å²) in [7, 11) is 2.79. The molecule has 1 aliphatic heterocycles. The maximum absolute atomic E-state index is 12.5. The number of nitrogens with one attached hydrogen (secondary N) is 2. The minimum absolute atomic E-state index is 0.143. The van der Waals surface area contributed by atoms with Crippen LogP contribution in [0.3, 0.4) is 0 Å². The third-order valence-electron chi connectivity index (χ3n) is 4.17. The van der Waals surface area contributed by atoms with E-state index in [1.54, 1.807) is 0 Å². The van der Waals surface area contributed by atoms with Crippen molar-refractivity contribution >= 4 is 50.6 Å². The van der Waals surface area contributed by atoms with Crippen molar-refractivity contribution in [3.63, 3.8) is 0 Å². The van der Waals surface area contributed by atoms with Gasteiger partial charge in [-0.3, -0.25) is 19.7 Å². The van der Waals surface area contributed by atoms with Crippen molar-refractivity contribution < 1.29 is 24.0 Å². The molecule has 2 N–H and O–H groups in total. The fourth-order valence-electron chi connectivity index (χ4n) is 2.85. The number of carbonyl (C=O) groups excluding carboxylic acids is 3. The highest BCUT2D eigenvalue weighted by atomic mass is 32.1. The highest BCUT2D eigenvalue weighted by Gasteiger charge is 2.30. The minimum atomic E-state index is -0.567. The third kappa shape index (κ3) is 3.68. The Morgan fingerprint density at radius 2 is 2.00 bits per heavy atom. The standard InChI is InChI=1S/C16H16N4O6S2/c1-17-14(22)12-8-5-6-19(16(23)26-2)7-10(8)28-15(12)18-13(21)9-3-4-11(27-9)20(24)25/h3-4H,5-7H2,1-2H3,(H,17,22)(H,18,21). The highest BCUT2D eigenvalue weighted by Crippen LogP contribution is 2.38. The fourth-order valence-corrected chi connectivity index (χ4v) is 4.83. The summed E-state index contributed by atoms with van der Waals surface area (Å²) in [6, 6.07) is 2.62. The van der Waals surface area contributed by atoms with Crippen molar-refractivity contribution in [2.45, 2.75) is 13.0 Å². The van der Waals surface area contributed by atoms with Crippen LogP contribution in [-0.2, 0) is 17.7 Å². The van der Waals surface area contributed by atoms with Crippen molar-refractivity contribution in [2.75, 3.05) is 26.0 Å². The van der Waals surface area contributed by atoms with Crippen LogP contribution in [0.5, 0.6) is 0 Å². The van der Waals surface area contributed by atoms with Crippen molar-refractivity contribution in [3.8, 4) is 0 Å². The minimum Gasteiger partial charge on any atom is -0.453 e. The van der Waals surface area contributed by atoms with Crippen LogP contribution >= 0.6 is 22.7 Å². The average Bonchev–Trinajstić information content (AvgIpc) is 3.31. The molecular weight excluding hydrogens is 408 g/mol. The summed E-state index contributed by atoms with van der Waals surface area (Å²) < 4.78 is 4.74. The molecule has 148 valence electrons. The quantitative estimate of drug-likeness (QED) is 0.573. The summed E-state index contributed by atoms with van der Waals surface area (Å²) in [4.78, 5) is 49.4. The number of nitro groups is 1. The summed E-state index contributed by atoms with van der Waals surface area (Å²) >= 11 is 1.96. The molecule has 2 aromatic heterocycles. The number of amides is 3. The lowest BCUT2D eigenvalue weighted by Gasteiger charge is -2.25. The largest absolute Gasteiger partial charge is 0.453 e. The Hall–Kier alpha value is -2.99. The van der Waals surface area contributed by atoms with Crippen LogP contribution < -0.4 is 10.6 Å². The average molecular weight is 424 g/mol. The molecule has 0 bridgehead atoms. The van der Waals surface area contributed by atoms with Gasteiger partial charge < -0.3 is 20.3 Å². The first-order valence-corrected chi connectivity index (χ1v) is 9.74. The van der Waals surface area contributed by atoms with Gasteiger partial charge in [-0.2, -0.15) is 0 Å². The third-order valence-corrected chi connectivity index (χ3v) is 6.33. The van der Waals surface area contributed by atoms with Crippen LogP contribution in [0.2, 0.25) is 0 Å². The molecule has 12 heteroatoms. The number of hydrogen-bond acceptors (Lipinski definition) is 8. The number of ether oxygens (including phenoxy) is 1. The van der Waals surface area contributed by atoms with Crippen LogP contribution in [-0.4, -0.2) is 48.4 Å². The zero-order chi connectivity index (χ0) is 20.4. The van der Waals surface area contributed by atoms with E-state index in [9.17, 15) is 24.5 Å². The topological polar surface area (TPSA) is 131 Å². The fraction of sp³-hybridized carbons (Fsp3) is 0.312. The van der Waals surface area contributed by atoms with E-state index in [0.717, 1.165) is 21.8 Å². The molecule has 0 aliphatic carbocycles. The van der Waals surface area contributed by atoms with Gasteiger partial charge in [0.15, 0.2) is 0 Å². The van der Waals surface area contributed by atoms with Crippen molar-refractivity contribution in [1.82, 2.24) is 10.2 Å². The van der Waals surface area contributed by atoms with E-state index in [-0.39, 0.29) is 22.3 Å². The van der Waals surface area contributed by atoms with E-state index in [2.05, 4.69) is 10.6 Å². The summed E-state index contributed by atoms with van der Waals surface area (Å²) in [6.07, 6.45) is -0.0126. The molecule has 3 rings (SSSR count). The van der Waals surface area contributed by atoms with Gasteiger partial charge in [0.1, 0.15) is 5.00 Å². The number of fused-ring (bicyclic) bond motifs is 1. The van der Waals surface area contributed by atoms with E-state index in [1.807, 2.05) is 0 Å². The SMILES string of the molecule is CNC(=O)c1c(NC(=O)c2ccc([N+](=O)[O-])s2)sc2c1CCN(C(=O)OC)C2. The predicted octanol–water partition coefficient (Wildman–Crippen LogP) is 2.45. The second-order valence-corrected chi connectivity index (χ2v) is 7.95. The normalized spacial score (nSPS) is 12.9. The van der Waals surface area contributed by atoms with Gasteiger partial charge in [-0.1, -0.05) is 11.3 Å². The van der Waals surface area contributed by atoms with Gasteiger partial charge >= 0.3 is 11.1 Å². The summed E-state index contributed by atoms with van der Waals surface area (Å²) in [6.45, 7) is 0.669. The number of rotatable bonds is 4. The van der Waals surface area contributed by atoms with Gasteiger partial charge in [0.05, 0.1) is 29.0 Å². The Balaban J connectivity index is 1.91. The van der Waals surface area contributed by atoms with Gasteiger partial charge in [-0.25, -0.2) is 4.79 Å². The lowest BCUT2D eigenvalue weighted by atomic mass is 10.0. The molecular formula is C16H16N4O6S2. The maximum Gasteiger partial charge on any atom is 0.409 e. The van der Waals surface area contributed by atoms with Crippen molar-refractivity contribution in [2.24, 2.45) is 0 Å². The van der Waals surface area contributed by atoms with Gasteiger partial charge in [0.2, 0.25) is 0 Å². The van der Waals surface area contributed by atoms with Crippen LogP contribution in [0.15, 0.2) is 12.1 Å². The molecule has 0 aromatic carbocycles. The van der Waals surface area contributed by atoms with Gasteiger partial charge in [-0.15, -0.1) is 11.3 Å². The second kappa shape index (κ2) is 7.94. The Labute approximate surface area is 167 Å². The first-order valence-electron chi connectivity index (χ1n) is 8.10. The maximum atomic E-state index is 12.5. The lowest BCUT2D eigenvalue weighted by Crippen LogP contribution is -2.35. The predicted molar refractivity (Wildman–Crippen MR) is 103 cm³/mol. The molecule has 1 aliphatic rings. The first-order chi connectivity index (χ1) is 13.3.